The van der Waals surface area contributed by atoms with Crippen LogP contribution in [0.5, 0.6) is 0 Å². The lowest BCUT2D eigenvalue weighted by atomic mass is 10.1. The molecule has 0 unspecified atom stereocenters. The summed E-state index contributed by atoms with van der Waals surface area (Å²) in [5.74, 6) is 0.715. The van der Waals surface area contributed by atoms with E-state index >= 15 is 0 Å². The highest BCUT2D eigenvalue weighted by Crippen LogP contribution is 2.25. The van der Waals surface area contributed by atoms with Gasteiger partial charge in [0.15, 0.2) is 0 Å². The molecule has 0 aliphatic carbocycles. The van der Waals surface area contributed by atoms with E-state index in [-0.39, 0.29) is 5.69 Å². The molecule has 0 saturated heterocycles. The molecule has 6 nitrogen and oxygen atoms in total. The molecule has 0 radical (unpaired) electrons. The van der Waals surface area contributed by atoms with Crippen molar-refractivity contribution < 1.29 is 4.92 Å². The summed E-state index contributed by atoms with van der Waals surface area (Å²) in [6, 6.07) is 16.7. The van der Waals surface area contributed by atoms with Gasteiger partial charge in [0.2, 0.25) is 5.95 Å². The summed E-state index contributed by atoms with van der Waals surface area (Å²) in [7, 11) is 1.89. The zero-order valence-electron chi connectivity index (χ0n) is 14.7. The van der Waals surface area contributed by atoms with Gasteiger partial charge in [-0.05, 0) is 12.5 Å². The third kappa shape index (κ3) is 3.97. The van der Waals surface area contributed by atoms with Crippen LogP contribution in [0.1, 0.15) is 12.5 Å². The minimum atomic E-state index is -0.392. The first-order chi connectivity index (χ1) is 12.5. The molecule has 3 aromatic rings. The quantitative estimate of drug-likeness (QED) is 0.525. The van der Waals surface area contributed by atoms with Gasteiger partial charge >= 0.3 is 0 Å². The lowest BCUT2D eigenvalue weighted by Gasteiger charge is -2.09. The fourth-order valence-electron chi connectivity index (χ4n) is 2.72. The maximum Gasteiger partial charge on any atom is 0.270 e. The van der Waals surface area contributed by atoms with Crippen molar-refractivity contribution in [3.8, 4) is 11.3 Å². The lowest BCUT2D eigenvalue weighted by molar-refractivity contribution is -0.384. The van der Waals surface area contributed by atoms with Crippen LogP contribution in [0.25, 0.3) is 17.3 Å². The Balaban J connectivity index is 1.74. The van der Waals surface area contributed by atoms with Gasteiger partial charge in [0.1, 0.15) is 0 Å². The predicted molar refractivity (Wildman–Crippen MR) is 104 cm³/mol. The number of benzene rings is 2. The first-order valence-electron chi connectivity index (χ1n) is 8.27. The van der Waals surface area contributed by atoms with Crippen molar-refractivity contribution in [1.82, 2.24) is 9.55 Å². The van der Waals surface area contributed by atoms with Gasteiger partial charge in [-0.25, -0.2) is 4.98 Å². The maximum absolute atomic E-state index is 11.0. The third-order valence-electron chi connectivity index (χ3n) is 4.08. The molecule has 6 heteroatoms. The van der Waals surface area contributed by atoms with Crippen molar-refractivity contribution in [2.75, 3.05) is 11.9 Å². The monoisotopic (exact) mass is 348 g/mol. The first-order valence-corrected chi connectivity index (χ1v) is 8.27. The summed E-state index contributed by atoms with van der Waals surface area (Å²) in [6.07, 6.45) is 3.84. The van der Waals surface area contributed by atoms with Crippen LogP contribution in [0.3, 0.4) is 0 Å². The average Bonchev–Trinajstić information content (AvgIpc) is 3.01. The summed E-state index contributed by atoms with van der Waals surface area (Å²) in [6.45, 7) is 2.72. The fourth-order valence-corrected chi connectivity index (χ4v) is 2.72. The molecule has 0 aliphatic heterocycles. The van der Waals surface area contributed by atoms with E-state index in [9.17, 15) is 10.1 Å². The van der Waals surface area contributed by atoms with Gasteiger partial charge in [-0.3, -0.25) is 10.1 Å². The van der Waals surface area contributed by atoms with Crippen LogP contribution in [-0.2, 0) is 7.05 Å². The number of nitrogens with one attached hydrogen (secondary N) is 1. The Kier molecular flexibility index (Phi) is 5.12. The molecule has 2 aromatic carbocycles. The zero-order chi connectivity index (χ0) is 18.5. The minimum absolute atomic E-state index is 0.0693. The van der Waals surface area contributed by atoms with Crippen molar-refractivity contribution in [3.05, 3.63) is 82.0 Å². The fraction of sp³-hybridized carbons (Fsp3) is 0.150. The number of anilines is 1. The molecule has 0 fully saturated rings. The summed E-state index contributed by atoms with van der Waals surface area (Å²) in [5, 5.41) is 14.3. The van der Waals surface area contributed by atoms with E-state index in [0.29, 0.717) is 12.5 Å². The molecule has 3 rings (SSSR count). The lowest BCUT2D eigenvalue weighted by Crippen LogP contribution is -2.08. The van der Waals surface area contributed by atoms with Crippen LogP contribution in [0.2, 0.25) is 0 Å². The topological polar surface area (TPSA) is 73.0 Å². The van der Waals surface area contributed by atoms with Crippen LogP contribution in [-0.4, -0.2) is 21.0 Å². The summed E-state index contributed by atoms with van der Waals surface area (Å²) >= 11 is 0. The van der Waals surface area contributed by atoms with Gasteiger partial charge in [0.25, 0.3) is 5.69 Å². The van der Waals surface area contributed by atoms with Gasteiger partial charge in [-0.1, -0.05) is 54.1 Å². The number of nitro groups is 1. The molecule has 0 bridgehead atoms. The van der Waals surface area contributed by atoms with Crippen LogP contribution < -0.4 is 5.32 Å². The molecule has 0 aliphatic rings. The number of hydrogen-bond donors (Lipinski definition) is 1. The number of nitrogens with zero attached hydrogens (tertiary/aromatic N) is 3. The number of hydrogen-bond acceptors (Lipinski definition) is 4. The van der Waals surface area contributed by atoms with Crippen molar-refractivity contribution in [2.24, 2.45) is 7.05 Å². The Morgan fingerprint density at radius 1 is 1.23 bits per heavy atom. The normalized spacial score (nSPS) is 11.4. The molecular weight excluding hydrogens is 328 g/mol. The molecular formula is C20H20N4O2. The number of nitro benzene ring substituents is 1. The highest BCUT2D eigenvalue weighted by molar-refractivity contribution is 5.64. The number of rotatable bonds is 6. The Morgan fingerprint density at radius 2 is 2.00 bits per heavy atom. The highest BCUT2D eigenvalue weighted by atomic mass is 16.6. The van der Waals surface area contributed by atoms with Gasteiger partial charge < -0.3 is 9.88 Å². The van der Waals surface area contributed by atoms with Gasteiger partial charge in [-0.2, -0.15) is 0 Å². The summed E-state index contributed by atoms with van der Waals surface area (Å²) < 4.78 is 1.90. The van der Waals surface area contributed by atoms with Crippen LogP contribution in [0, 0.1) is 10.1 Å². The van der Waals surface area contributed by atoms with Crippen molar-refractivity contribution >= 4 is 17.7 Å². The molecule has 1 N–H and O–H groups in total. The van der Waals surface area contributed by atoms with E-state index in [1.54, 1.807) is 18.3 Å². The smallest absolute Gasteiger partial charge is 0.270 e. The standard InChI is InChI=1S/C20H20N4O2/c1-15(11-16-7-4-3-5-8-16)13-21-20-22-14-19(23(20)2)17-9-6-10-18(12-17)24(25)26/h3-12,14H,13H2,1-2H3,(H,21,22)/b15-11+. The van der Waals surface area contributed by atoms with E-state index in [2.05, 4.69) is 35.4 Å². The van der Waals surface area contributed by atoms with Crippen molar-refractivity contribution in [1.29, 1.82) is 0 Å². The molecule has 0 atom stereocenters. The Bertz CT molecular complexity index is 945. The Hall–Kier alpha value is -3.41. The van der Waals surface area contributed by atoms with Gasteiger partial charge in [-0.15, -0.1) is 0 Å². The molecule has 132 valence electrons. The second-order valence-corrected chi connectivity index (χ2v) is 6.09. The molecule has 1 heterocycles. The van der Waals surface area contributed by atoms with Crippen molar-refractivity contribution in [3.63, 3.8) is 0 Å². The second-order valence-electron chi connectivity index (χ2n) is 6.09. The molecule has 0 spiro atoms. The highest BCUT2D eigenvalue weighted by Gasteiger charge is 2.12. The molecule has 0 amide bonds. The maximum atomic E-state index is 11.0. The van der Waals surface area contributed by atoms with Gasteiger partial charge in [0, 0.05) is 31.3 Å². The van der Waals surface area contributed by atoms with Crippen LogP contribution in [0.15, 0.2) is 66.4 Å². The largest absolute Gasteiger partial charge is 0.352 e. The van der Waals surface area contributed by atoms with E-state index in [1.807, 2.05) is 35.9 Å². The number of non-ortho nitro benzene ring substituents is 1. The molecule has 1 aromatic heterocycles. The Morgan fingerprint density at radius 3 is 2.73 bits per heavy atom. The third-order valence-corrected chi connectivity index (χ3v) is 4.08. The van der Waals surface area contributed by atoms with Gasteiger partial charge in [0.05, 0.1) is 16.8 Å². The minimum Gasteiger partial charge on any atom is -0.352 e. The molecule has 0 saturated carbocycles. The zero-order valence-corrected chi connectivity index (χ0v) is 14.7. The number of aromatic nitrogens is 2. The Labute approximate surface area is 152 Å². The first kappa shape index (κ1) is 17.4. The number of imidazole rings is 1. The van der Waals surface area contributed by atoms with E-state index in [1.165, 1.54) is 11.6 Å². The van der Waals surface area contributed by atoms with E-state index in [4.69, 9.17) is 0 Å². The predicted octanol–water partition coefficient (Wildman–Crippen LogP) is 4.51. The van der Waals surface area contributed by atoms with Crippen LogP contribution in [0.4, 0.5) is 11.6 Å². The molecule has 26 heavy (non-hydrogen) atoms. The van der Waals surface area contributed by atoms with E-state index < -0.39 is 4.92 Å². The summed E-state index contributed by atoms with van der Waals surface area (Å²) in [4.78, 5) is 15.0. The summed E-state index contributed by atoms with van der Waals surface area (Å²) in [5.41, 5.74) is 3.99. The second kappa shape index (κ2) is 7.65. The average molecular weight is 348 g/mol. The van der Waals surface area contributed by atoms with Crippen LogP contribution >= 0.6 is 0 Å². The van der Waals surface area contributed by atoms with E-state index in [0.717, 1.165) is 16.8 Å². The SMILES string of the molecule is C/C(=C\c1ccccc1)CNc1ncc(-c2cccc([N+](=O)[O-])c2)n1C. The van der Waals surface area contributed by atoms with Crippen molar-refractivity contribution in [2.45, 2.75) is 6.92 Å².